The number of fused-ring (bicyclic) bond motifs is 1. The summed E-state index contributed by atoms with van der Waals surface area (Å²) in [6, 6.07) is 0. The highest BCUT2D eigenvalue weighted by atomic mass is 16.2. The van der Waals surface area contributed by atoms with Crippen LogP contribution in [0, 0.1) is 12.8 Å². The first-order valence-electron chi connectivity index (χ1n) is 10.2. The van der Waals surface area contributed by atoms with Crippen molar-refractivity contribution in [2.24, 2.45) is 10.9 Å². The van der Waals surface area contributed by atoms with Crippen molar-refractivity contribution >= 4 is 11.9 Å². The summed E-state index contributed by atoms with van der Waals surface area (Å²) in [6.45, 7) is 8.57. The molecule has 9 nitrogen and oxygen atoms in total. The number of rotatable bonds is 5. The number of aliphatic imine (C=N–C) groups is 1. The molecule has 156 valence electrons. The van der Waals surface area contributed by atoms with Crippen molar-refractivity contribution in [1.29, 1.82) is 0 Å². The van der Waals surface area contributed by atoms with Gasteiger partial charge in [-0.25, -0.2) is 0 Å². The van der Waals surface area contributed by atoms with Gasteiger partial charge >= 0.3 is 0 Å². The van der Waals surface area contributed by atoms with E-state index >= 15 is 0 Å². The average molecular weight is 391 g/mol. The van der Waals surface area contributed by atoms with Gasteiger partial charge in [-0.1, -0.05) is 0 Å². The smallest absolute Gasteiger partial charge is 0.223 e. The normalized spacial score (nSPS) is 20.8. The minimum absolute atomic E-state index is 0.193. The predicted molar refractivity (Wildman–Crippen MR) is 109 cm³/mol. The lowest BCUT2D eigenvalue weighted by Gasteiger charge is -2.37. The van der Waals surface area contributed by atoms with Crippen LogP contribution in [0.15, 0.2) is 4.99 Å². The topological polar surface area (TPSA) is 81.9 Å². The third-order valence-corrected chi connectivity index (χ3v) is 5.80. The Labute approximate surface area is 167 Å². The van der Waals surface area contributed by atoms with Crippen molar-refractivity contribution in [2.45, 2.75) is 32.7 Å². The van der Waals surface area contributed by atoms with Crippen LogP contribution in [0.1, 0.15) is 24.5 Å². The van der Waals surface area contributed by atoms with Crippen LogP contribution in [0.2, 0.25) is 0 Å². The molecule has 2 aliphatic rings. The number of aryl methyl sites for hydroxylation is 2. The van der Waals surface area contributed by atoms with Gasteiger partial charge in [0, 0.05) is 79.8 Å². The van der Waals surface area contributed by atoms with Crippen LogP contribution in [0.4, 0.5) is 0 Å². The van der Waals surface area contributed by atoms with E-state index in [1.165, 1.54) is 0 Å². The molecule has 0 radical (unpaired) electrons. The molecule has 28 heavy (non-hydrogen) atoms. The zero-order chi connectivity index (χ0) is 20.1. The van der Waals surface area contributed by atoms with Gasteiger partial charge in [0.2, 0.25) is 5.91 Å². The Balaban J connectivity index is 1.42. The zero-order valence-corrected chi connectivity index (χ0v) is 17.7. The highest BCUT2D eigenvalue weighted by Crippen LogP contribution is 2.19. The summed E-state index contributed by atoms with van der Waals surface area (Å²) in [7, 11) is 5.48. The number of piperazine rings is 1. The van der Waals surface area contributed by atoms with E-state index in [0.29, 0.717) is 12.3 Å². The molecule has 1 aromatic rings. The summed E-state index contributed by atoms with van der Waals surface area (Å²) in [5.41, 5.74) is 0. The van der Waals surface area contributed by atoms with E-state index in [1.807, 2.05) is 28.1 Å². The van der Waals surface area contributed by atoms with Crippen molar-refractivity contribution < 1.29 is 4.79 Å². The number of carbonyl (C=O) groups is 1. The molecular formula is C19H34N8O. The van der Waals surface area contributed by atoms with Crippen LogP contribution in [0.25, 0.3) is 0 Å². The lowest BCUT2D eigenvalue weighted by molar-refractivity contribution is -0.129. The van der Waals surface area contributed by atoms with E-state index in [1.54, 1.807) is 4.90 Å². The van der Waals surface area contributed by atoms with Crippen LogP contribution in [0.5, 0.6) is 0 Å². The van der Waals surface area contributed by atoms with Gasteiger partial charge in [-0.05, 0) is 19.3 Å². The van der Waals surface area contributed by atoms with Crippen molar-refractivity contribution in [3.8, 4) is 0 Å². The molecule has 1 N–H and O–H groups in total. The lowest BCUT2D eigenvalue weighted by Crippen LogP contribution is -2.53. The standard InChI is InChI=1S/C19H34N8O/c1-15-22-23-17-6-5-16(14-27(15)17)13-21-19(20-2)26-11-9-25(10-12-26)8-7-18(28)24(3)4/h16H,5-14H2,1-4H3,(H,20,21). The second-order valence-corrected chi connectivity index (χ2v) is 7.97. The first kappa shape index (κ1) is 20.6. The van der Waals surface area contributed by atoms with Crippen molar-refractivity contribution in [3.05, 3.63) is 11.6 Å². The van der Waals surface area contributed by atoms with Crippen LogP contribution in [-0.2, 0) is 17.8 Å². The SMILES string of the molecule is CN=C(NCC1CCc2nnc(C)n2C1)N1CCN(CCC(=O)N(C)C)CC1. The fraction of sp³-hybridized carbons (Fsp3) is 0.789. The maximum atomic E-state index is 11.8. The largest absolute Gasteiger partial charge is 0.356 e. The predicted octanol–water partition coefficient (Wildman–Crippen LogP) is -0.180. The van der Waals surface area contributed by atoms with Gasteiger partial charge in [-0.2, -0.15) is 0 Å². The molecule has 1 atom stereocenters. The number of nitrogens with zero attached hydrogens (tertiary/aromatic N) is 7. The van der Waals surface area contributed by atoms with Gasteiger partial charge in [0.05, 0.1) is 0 Å². The van der Waals surface area contributed by atoms with Gasteiger partial charge in [-0.3, -0.25) is 14.7 Å². The van der Waals surface area contributed by atoms with Gasteiger partial charge in [0.15, 0.2) is 5.96 Å². The number of aromatic nitrogens is 3. The molecule has 2 aliphatic heterocycles. The molecule has 3 rings (SSSR count). The van der Waals surface area contributed by atoms with Gasteiger partial charge in [0.25, 0.3) is 0 Å². The summed E-state index contributed by atoms with van der Waals surface area (Å²) < 4.78 is 2.24. The monoisotopic (exact) mass is 390 g/mol. The van der Waals surface area contributed by atoms with E-state index < -0.39 is 0 Å². The Morgan fingerprint density at radius 3 is 2.68 bits per heavy atom. The molecule has 9 heteroatoms. The second-order valence-electron chi connectivity index (χ2n) is 7.97. The number of carbonyl (C=O) groups excluding carboxylic acids is 1. The fourth-order valence-electron chi connectivity index (χ4n) is 3.93. The highest BCUT2D eigenvalue weighted by Gasteiger charge is 2.24. The number of guanidine groups is 1. The number of hydrogen-bond acceptors (Lipinski definition) is 5. The Bertz CT molecular complexity index is 690. The molecule has 0 saturated carbocycles. The van der Waals surface area contributed by atoms with Crippen molar-refractivity contribution in [2.75, 3.05) is 60.4 Å². The van der Waals surface area contributed by atoms with E-state index in [0.717, 1.165) is 76.3 Å². The highest BCUT2D eigenvalue weighted by molar-refractivity contribution is 5.80. The number of nitrogens with one attached hydrogen (secondary N) is 1. The summed E-state index contributed by atoms with van der Waals surface area (Å²) in [6.07, 6.45) is 2.72. The minimum Gasteiger partial charge on any atom is -0.356 e. The average Bonchev–Trinajstić information content (AvgIpc) is 3.07. The summed E-state index contributed by atoms with van der Waals surface area (Å²) in [5.74, 6) is 3.86. The molecule has 1 fully saturated rings. The van der Waals surface area contributed by atoms with Gasteiger partial charge in [0.1, 0.15) is 11.6 Å². The maximum Gasteiger partial charge on any atom is 0.223 e. The molecule has 1 unspecified atom stereocenters. The Morgan fingerprint density at radius 2 is 2.00 bits per heavy atom. The summed E-state index contributed by atoms with van der Waals surface area (Å²) >= 11 is 0. The number of amides is 1. The zero-order valence-electron chi connectivity index (χ0n) is 17.7. The van der Waals surface area contributed by atoms with Crippen LogP contribution in [-0.4, -0.2) is 102 Å². The molecule has 1 saturated heterocycles. The molecule has 0 aromatic carbocycles. The van der Waals surface area contributed by atoms with E-state index in [9.17, 15) is 4.79 Å². The molecule has 0 aliphatic carbocycles. The molecule has 1 aromatic heterocycles. The fourth-order valence-corrected chi connectivity index (χ4v) is 3.93. The number of hydrogen-bond donors (Lipinski definition) is 1. The third-order valence-electron chi connectivity index (χ3n) is 5.80. The summed E-state index contributed by atoms with van der Waals surface area (Å²) in [4.78, 5) is 22.6. The minimum atomic E-state index is 0.193. The molecule has 0 spiro atoms. The summed E-state index contributed by atoms with van der Waals surface area (Å²) in [5, 5.41) is 12.0. The van der Waals surface area contributed by atoms with E-state index in [2.05, 4.69) is 34.9 Å². The Hall–Kier alpha value is -2.16. The lowest BCUT2D eigenvalue weighted by atomic mass is 9.99. The van der Waals surface area contributed by atoms with Crippen molar-refractivity contribution in [3.63, 3.8) is 0 Å². The Morgan fingerprint density at radius 1 is 1.25 bits per heavy atom. The van der Waals surface area contributed by atoms with Gasteiger partial charge < -0.3 is 19.7 Å². The van der Waals surface area contributed by atoms with E-state index in [-0.39, 0.29) is 5.91 Å². The van der Waals surface area contributed by atoms with Crippen LogP contribution < -0.4 is 5.32 Å². The van der Waals surface area contributed by atoms with Crippen LogP contribution >= 0.6 is 0 Å². The van der Waals surface area contributed by atoms with Gasteiger partial charge in [-0.15, -0.1) is 10.2 Å². The second kappa shape index (κ2) is 9.36. The third kappa shape index (κ3) is 5.01. The van der Waals surface area contributed by atoms with E-state index in [4.69, 9.17) is 0 Å². The maximum absolute atomic E-state index is 11.8. The van der Waals surface area contributed by atoms with Crippen LogP contribution in [0.3, 0.4) is 0 Å². The molecule has 0 bridgehead atoms. The quantitative estimate of drug-likeness (QED) is 0.555. The molecular weight excluding hydrogens is 356 g/mol. The Kier molecular flexibility index (Phi) is 6.88. The molecule has 3 heterocycles. The first-order chi connectivity index (χ1) is 13.5. The first-order valence-corrected chi connectivity index (χ1v) is 10.2. The van der Waals surface area contributed by atoms with Crippen molar-refractivity contribution in [1.82, 2.24) is 34.8 Å². The molecule has 1 amide bonds.